The molecule has 5 nitrogen and oxygen atoms in total. The number of hydrazine groups is 1. The molecule has 0 aliphatic carbocycles. The van der Waals surface area contributed by atoms with Crippen molar-refractivity contribution in [2.75, 3.05) is 0 Å². The molecule has 90 valence electrons. The van der Waals surface area contributed by atoms with Gasteiger partial charge in [-0.1, -0.05) is 19.9 Å². The average molecular weight is 223 g/mol. The van der Waals surface area contributed by atoms with E-state index in [2.05, 4.69) is 35.9 Å². The topological polar surface area (TPSA) is 68.8 Å². The molecule has 1 unspecified atom stereocenters. The van der Waals surface area contributed by atoms with Gasteiger partial charge in [0.05, 0.1) is 0 Å². The van der Waals surface area contributed by atoms with Crippen molar-refractivity contribution in [1.29, 1.82) is 0 Å². The molecule has 0 spiro atoms. The van der Waals surface area contributed by atoms with Crippen molar-refractivity contribution in [3.8, 4) is 0 Å². The molecule has 3 N–H and O–H groups in total. The van der Waals surface area contributed by atoms with Crippen LogP contribution in [0.4, 0.5) is 0 Å². The predicted octanol–water partition coefficient (Wildman–Crippen LogP) is 0.885. The van der Waals surface area contributed by atoms with Crippen molar-refractivity contribution in [2.45, 2.75) is 39.3 Å². The highest BCUT2D eigenvalue weighted by atomic mass is 15.3. The average Bonchev–Trinajstić information content (AvgIpc) is 2.64. The minimum atomic E-state index is 0.174. The molecule has 0 bridgehead atoms. The summed E-state index contributed by atoms with van der Waals surface area (Å²) in [4.78, 5) is 4.26. The molecule has 1 aromatic rings. The number of rotatable bonds is 7. The Morgan fingerprint density at radius 3 is 2.94 bits per heavy atom. The molecular formula is C11H21N5. The number of nitrogens with two attached hydrogens (primary N) is 1. The minimum Gasteiger partial charge on any atom is -0.271 e. The molecule has 5 heteroatoms. The fourth-order valence-electron chi connectivity index (χ4n) is 1.58. The van der Waals surface area contributed by atoms with E-state index in [1.54, 1.807) is 6.33 Å². The second-order valence-corrected chi connectivity index (χ2v) is 4.34. The summed E-state index contributed by atoms with van der Waals surface area (Å²) >= 11 is 0. The van der Waals surface area contributed by atoms with E-state index in [9.17, 15) is 0 Å². The summed E-state index contributed by atoms with van der Waals surface area (Å²) in [7, 11) is 0. The van der Waals surface area contributed by atoms with Gasteiger partial charge in [-0.3, -0.25) is 11.3 Å². The van der Waals surface area contributed by atoms with Crippen molar-refractivity contribution in [2.24, 2.45) is 11.8 Å². The van der Waals surface area contributed by atoms with Crippen LogP contribution in [0.15, 0.2) is 19.0 Å². The van der Waals surface area contributed by atoms with Gasteiger partial charge >= 0.3 is 0 Å². The fourth-order valence-corrected chi connectivity index (χ4v) is 1.58. The molecule has 0 aromatic carbocycles. The van der Waals surface area contributed by atoms with Gasteiger partial charge in [-0.2, -0.15) is 5.10 Å². The highest BCUT2D eigenvalue weighted by molar-refractivity contribution is 4.91. The van der Waals surface area contributed by atoms with Gasteiger partial charge in [0.1, 0.15) is 12.2 Å². The minimum absolute atomic E-state index is 0.174. The third-order valence-corrected chi connectivity index (χ3v) is 2.35. The van der Waals surface area contributed by atoms with Crippen LogP contribution in [-0.2, 0) is 13.0 Å². The van der Waals surface area contributed by atoms with Crippen LogP contribution in [0.2, 0.25) is 0 Å². The van der Waals surface area contributed by atoms with E-state index in [4.69, 9.17) is 5.84 Å². The SMILES string of the molecule is C=CCC(Cc1ncnn1CC(C)C)NN. The molecule has 16 heavy (non-hydrogen) atoms. The highest BCUT2D eigenvalue weighted by Crippen LogP contribution is 2.05. The van der Waals surface area contributed by atoms with Crippen LogP contribution in [0.25, 0.3) is 0 Å². The summed E-state index contributed by atoms with van der Waals surface area (Å²) in [6, 6.07) is 0.174. The van der Waals surface area contributed by atoms with Crippen molar-refractivity contribution in [3.63, 3.8) is 0 Å². The number of nitrogens with one attached hydrogen (secondary N) is 1. The second kappa shape index (κ2) is 6.40. The van der Waals surface area contributed by atoms with Gasteiger partial charge in [-0.25, -0.2) is 9.67 Å². The van der Waals surface area contributed by atoms with E-state index < -0.39 is 0 Å². The van der Waals surface area contributed by atoms with Gasteiger partial charge in [-0.15, -0.1) is 6.58 Å². The maximum Gasteiger partial charge on any atom is 0.138 e. The molecule has 1 aromatic heterocycles. The van der Waals surface area contributed by atoms with Crippen molar-refractivity contribution < 1.29 is 0 Å². The van der Waals surface area contributed by atoms with Crippen LogP contribution in [0.3, 0.4) is 0 Å². The standard InChI is InChI=1S/C11H21N5/c1-4-5-10(15-12)6-11-13-8-14-16(11)7-9(2)3/h4,8-10,15H,1,5-7,12H2,2-3H3. The molecule has 1 rings (SSSR count). The van der Waals surface area contributed by atoms with Gasteiger partial charge in [0.2, 0.25) is 0 Å². The Bertz CT molecular complexity index is 318. The Morgan fingerprint density at radius 1 is 1.62 bits per heavy atom. The molecule has 0 saturated heterocycles. The Kier molecular flexibility index (Phi) is 5.14. The second-order valence-electron chi connectivity index (χ2n) is 4.34. The van der Waals surface area contributed by atoms with Crippen LogP contribution < -0.4 is 11.3 Å². The van der Waals surface area contributed by atoms with Crippen LogP contribution in [0.1, 0.15) is 26.1 Å². The largest absolute Gasteiger partial charge is 0.271 e. The molecule has 0 saturated carbocycles. The lowest BCUT2D eigenvalue weighted by Gasteiger charge is -2.14. The van der Waals surface area contributed by atoms with Crippen LogP contribution in [-0.4, -0.2) is 20.8 Å². The van der Waals surface area contributed by atoms with Gasteiger partial charge in [0, 0.05) is 19.0 Å². The number of hydrogen-bond acceptors (Lipinski definition) is 4. The zero-order chi connectivity index (χ0) is 12.0. The van der Waals surface area contributed by atoms with Crippen LogP contribution in [0, 0.1) is 5.92 Å². The Labute approximate surface area is 96.7 Å². The first-order valence-corrected chi connectivity index (χ1v) is 5.61. The lowest BCUT2D eigenvalue weighted by Crippen LogP contribution is -2.37. The zero-order valence-electron chi connectivity index (χ0n) is 10.1. The van der Waals surface area contributed by atoms with Gasteiger partial charge < -0.3 is 0 Å². The van der Waals surface area contributed by atoms with Crippen LogP contribution in [0.5, 0.6) is 0 Å². The number of aromatic nitrogens is 3. The molecular weight excluding hydrogens is 202 g/mol. The van der Waals surface area contributed by atoms with Gasteiger partial charge in [-0.05, 0) is 12.3 Å². The first-order chi connectivity index (χ1) is 7.67. The lowest BCUT2D eigenvalue weighted by molar-refractivity contribution is 0.443. The lowest BCUT2D eigenvalue weighted by atomic mass is 10.1. The molecule has 0 aliphatic heterocycles. The van der Waals surface area contributed by atoms with E-state index in [1.165, 1.54) is 0 Å². The van der Waals surface area contributed by atoms with Crippen molar-refractivity contribution in [1.82, 2.24) is 20.2 Å². The zero-order valence-corrected chi connectivity index (χ0v) is 10.1. The summed E-state index contributed by atoms with van der Waals surface area (Å²) in [6.07, 6.45) is 5.05. The quantitative estimate of drug-likeness (QED) is 0.409. The first-order valence-electron chi connectivity index (χ1n) is 5.61. The third-order valence-electron chi connectivity index (χ3n) is 2.35. The molecule has 0 amide bonds. The number of nitrogens with zero attached hydrogens (tertiary/aromatic N) is 3. The number of hydrogen-bond donors (Lipinski definition) is 2. The molecule has 1 atom stereocenters. The maximum absolute atomic E-state index is 5.47. The van der Waals surface area contributed by atoms with Gasteiger partial charge in [0.15, 0.2) is 0 Å². The van der Waals surface area contributed by atoms with E-state index in [0.29, 0.717) is 5.92 Å². The molecule has 0 aliphatic rings. The van der Waals surface area contributed by atoms with Crippen molar-refractivity contribution >= 4 is 0 Å². The first kappa shape index (κ1) is 12.9. The van der Waals surface area contributed by atoms with E-state index in [0.717, 1.165) is 25.2 Å². The van der Waals surface area contributed by atoms with Crippen LogP contribution >= 0.6 is 0 Å². The van der Waals surface area contributed by atoms with E-state index in [-0.39, 0.29) is 6.04 Å². The third kappa shape index (κ3) is 3.75. The summed E-state index contributed by atoms with van der Waals surface area (Å²) in [5, 5.41) is 4.21. The molecule has 0 radical (unpaired) electrons. The van der Waals surface area contributed by atoms with Gasteiger partial charge in [0.25, 0.3) is 0 Å². The summed E-state index contributed by atoms with van der Waals surface area (Å²) in [5.74, 6) is 7.00. The molecule has 0 fully saturated rings. The van der Waals surface area contributed by atoms with E-state index >= 15 is 0 Å². The van der Waals surface area contributed by atoms with Crippen molar-refractivity contribution in [3.05, 3.63) is 24.8 Å². The normalized spacial score (nSPS) is 13.0. The summed E-state index contributed by atoms with van der Waals surface area (Å²) in [5.41, 5.74) is 2.77. The monoisotopic (exact) mass is 223 g/mol. The Balaban J connectivity index is 2.64. The maximum atomic E-state index is 5.47. The molecule has 1 heterocycles. The highest BCUT2D eigenvalue weighted by Gasteiger charge is 2.11. The smallest absolute Gasteiger partial charge is 0.138 e. The summed E-state index contributed by atoms with van der Waals surface area (Å²) in [6.45, 7) is 8.92. The Morgan fingerprint density at radius 2 is 2.38 bits per heavy atom. The summed E-state index contributed by atoms with van der Waals surface area (Å²) < 4.78 is 1.94. The van der Waals surface area contributed by atoms with E-state index in [1.807, 2.05) is 10.8 Å². The fraction of sp³-hybridized carbons (Fsp3) is 0.636. The predicted molar refractivity (Wildman–Crippen MR) is 64.5 cm³/mol. The Hall–Kier alpha value is -1.20.